The standard InChI is InChI=1S/C7H14N2O2/c1-9(2,6-4-8)5-3-7-11-10/h7,10H,3,5-6H2,1-2H3/p-1. The minimum atomic E-state index is 0.451. The molecule has 0 aliphatic rings. The molecule has 0 aromatic carbocycles. The Labute approximate surface area is 67.1 Å². The molecule has 0 aromatic heterocycles. The fourth-order valence-electron chi connectivity index (χ4n) is 0.721. The van der Waals surface area contributed by atoms with E-state index in [1.54, 1.807) is 0 Å². The normalized spacial score (nSPS) is 11.1. The first-order valence-corrected chi connectivity index (χ1v) is 3.41. The van der Waals surface area contributed by atoms with E-state index in [1.165, 1.54) is 6.61 Å². The van der Waals surface area contributed by atoms with Crippen LogP contribution in [0.4, 0.5) is 0 Å². The third-order valence-electron chi connectivity index (χ3n) is 1.42. The molecule has 4 heteroatoms. The first-order valence-electron chi connectivity index (χ1n) is 3.41. The lowest BCUT2D eigenvalue weighted by molar-refractivity contribution is -0.883. The highest BCUT2D eigenvalue weighted by molar-refractivity contribution is 4.67. The van der Waals surface area contributed by atoms with E-state index in [2.05, 4.69) is 11.0 Å². The maximum Gasteiger partial charge on any atom is 0.166 e. The summed E-state index contributed by atoms with van der Waals surface area (Å²) in [4.78, 5) is 3.55. The van der Waals surface area contributed by atoms with E-state index in [-0.39, 0.29) is 0 Å². The average molecular weight is 157 g/mol. The van der Waals surface area contributed by atoms with Gasteiger partial charge in [0, 0.05) is 0 Å². The van der Waals surface area contributed by atoms with Crippen LogP contribution in [0.1, 0.15) is 6.42 Å². The second-order valence-corrected chi connectivity index (χ2v) is 3.03. The zero-order valence-corrected chi connectivity index (χ0v) is 6.91. The van der Waals surface area contributed by atoms with E-state index < -0.39 is 0 Å². The summed E-state index contributed by atoms with van der Waals surface area (Å²) in [6.45, 7) is 2.40. The van der Waals surface area contributed by atoms with Crippen molar-refractivity contribution >= 4 is 0 Å². The molecule has 0 saturated carbocycles. The topological polar surface area (TPSA) is 56.1 Å². The number of quaternary nitrogens is 1. The quantitative estimate of drug-likeness (QED) is 0.134. The number of nitriles is 1. The minimum absolute atomic E-state index is 0.451. The van der Waals surface area contributed by atoms with E-state index in [0.29, 0.717) is 17.4 Å². The summed E-state index contributed by atoms with van der Waals surface area (Å²) in [6, 6.07) is 2.07. The van der Waals surface area contributed by atoms with Gasteiger partial charge in [0.2, 0.25) is 0 Å². The van der Waals surface area contributed by atoms with Crippen molar-refractivity contribution in [1.82, 2.24) is 0 Å². The fraction of sp³-hybridized carbons (Fsp3) is 0.714. The summed E-state index contributed by atoms with van der Waals surface area (Å²) in [5, 5.41) is 17.9. The van der Waals surface area contributed by atoms with Crippen molar-refractivity contribution in [2.24, 2.45) is 0 Å². The zero-order valence-electron chi connectivity index (χ0n) is 6.91. The molecule has 0 aromatic rings. The van der Waals surface area contributed by atoms with Crippen LogP contribution in [0.15, 0.2) is 0 Å². The summed E-state index contributed by atoms with van der Waals surface area (Å²) in [5.74, 6) is 0. The molecule has 0 rings (SSSR count). The number of rotatable bonds is 5. The van der Waals surface area contributed by atoms with Gasteiger partial charge in [0.1, 0.15) is 6.07 Å². The molecule has 0 unspecified atom stereocenters. The van der Waals surface area contributed by atoms with Gasteiger partial charge in [-0.3, -0.25) is 0 Å². The van der Waals surface area contributed by atoms with Crippen molar-refractivity contribution in [3.63, 3.8) is 0 Å². The van der Waals surface area contributed by atoms with E-state index in [9.17, 15) is 5.26 Å². The van der Waals surface area contributed by atoms with Crippen LogP contribution in [0, 0.1) is 17.9 Å². The molecular formula is C7H13N2O2-. The van der Waals surface area contributed by atoms with E-state index >= 15 is 0 Å². The highest BCUT2D eigenvalue weighted by atomic mass is 17.1. The summed E-state index contributed by atoms with van der Waals surface area (Å²) in [6.07, 6.45) is 0.582. The van der Waals surface area contributed by atoms with Gasteiger partial charge < -0.3 is 14.6 Å². The molecule has 0 heterocycles. The minimum Gasteiger partial charge on any atom is -0.759 e. The SMILES string of the molecule is C[N+](C)(CC#N)CC[CH-]O[O-]. The predicted octanol–water partition coefficient (Wildman–Crippen LogP) is -0.570. The van der Waals surface area contributed by atoms with Crippen molar-refractivity contribution in [3.8, 4) is 6.07 Å². The molecule has 0 amide bonds. The highest BCUT2D eigenvalue weighted by Crippen LogP contribution is 1.99. The number of hydrogen-bond donors (Lipinski definition) is 0. The molecular weight excluding hydrogens is 144 g/mol. The molecule has 11 heavy (non-hydrogen) atoms. The van der Waals surface area contributed by atoms with Gasteiger partial charge in [-0.25, -0.2) is 6.61 Å². The first kappa shape index (κ1) is 10.4. The highest BCUT2D eigenvalue weighted by Gasteiger charge is 2.10. The maximum atomic E-state index is 9.55. The van der Waals surface area contributed by atoms with Crippen LogP contribution in [0.5, 0.6) is 0 Å². The first-order chi connectivity index (χ1) is 5.12. The molecule has 0 atom stereocenters. The number of nitrogens with zero attached hydrogens (tertiary/aromatic N) is 2. The maximum absolute atomic E-state index is 9.55. The van der Waals surface area contributed by atoms with Gasteiger partial charge in [-0.05, 0) is 0 Å². The van der Waals surface area contributed by atoms with Gasteiger partial charge >= 0.3 is 0 Å². The van der Waals surface area contributed by atoms with Crippen LogP contribution in [0.2, 0.25) is 0 Å². The van der Waals surface area contributed by atoms with Crippen molar-refractivity contribution < 1.29 is 14.6 Å². The monoisotopic (exact) mass is 157 g/mol. The predicted molar refractivity (Wildman–Crippen MR) is 37.5 cm³/mol. The Hall–Kier alpha value is -0.630. The van der Waals surface area contributed by atoms with Gasteiger partial charge in [-0.15, -0.1) is 6.42 Å². The van der Waals surface area contributed by atoms with Gasteiger partial charge in [0.05, 0.1) is 20.6 Å². The van der Waals surface area contributed by atoms with Crippen molar-refractivity contribution in [2.45, 2.75) is 6.42 Å². The van der Waals surface area contributed by atoms with E-state index in [1.807, 2.05) is 14.1 Å². The lowest BCUT2D eigenvalue weighted by Gasteiger charge is -2.30. The second-order valence-electron chi connectivity index (χ2n) is 3.03. The molecule has 0 aliphatic carbocycles. The van der Waals surface area contributed by atoms with Crippen LogP contribution in [-0.4, -0.2) is 31.7 Å². The molecule has 0 fully saturated rings. The van der Waals surface area contributed by atoms with Gasteiger partial charge in [-0.2, -0.15) is 5.26 Å². The van der Waals surface area contributed by atoms with Crippen molar-refractivity contribution in [1.29, 1.82) is 5.26 Å². The van der Waals surface area contributed by atoms with Gasteiger partial charge in [0.25, 0.3) is 0 Å². The van der Waals surface area contributed by atoms with Crippen LogP contribution < -0.4 is 5.26 Å². The Balaban J connectivity index is 3.48. The lowest BCUT2D eigenvalue weighted by Crippen LogP contribution is -2.40. The Morgan fingerprint density at radius 3 is 2.73 bits per heavy atom. The third-order valence-corrected chi connectivity index (χ3v) is 1.42. The molecule has 0 radical (unpaired) electrons. The lowest BCUT2D eigenvalue weighted by atomic mass is 10.3. The Morgan fingerprint density at radius 2 is 2.27 bits per heavy atom. The molecule has 0 aliphatic heterocycles. The molecule has 0 N–H and O–H groups in total. The molecule has 0 bridgehead atoms. The number of hydrogen-bond acceptors (Lipinski definition) is 3. The molecule has 0 spiro atoms. The Morgan fingerprint density at radius 1 is 1.64 bits per heavy atom. The fourth-order valence-corrected chi connectivity index (χ4v) is 0.721. The van der Waals surface area contributed by atoms with E-state index in [0.717, 1.165) is 6.54 Å². The smallest absolute Gasteiger partial charge is 0.166 e. The van der Waals surface area contributed by atoms with Gasteiger partial charge in [-0.1, -0.05) is 0 Å². The van der Waals surface area contributed by atoms with Crippen LogP contribution in [0.25, 0.3) is 0 Å². The van der Waals surface area contributed by atoms with Crippen LogP contribution >= 0.6 is 0 Å². The summed E-state index contributed by atoms with van der Waals surface area (Å²) < 4.78 is 0.594. The summed E-state index contributed by atoms with van der Waals surface area (Å²) >= 11 is 0. The largest absolute Gasteiger partial charge is 0.759 e. The second kappa shape index (κ2) is 5.08. The summed E-state index contributed by atoms with van der Waals surface area (Å²) in [5.41, 5.74) is 0. The van der Waals surface area contributed by atoms with E-state index in [4.69, 9.17) is 5.26 Å². The van der Waals surface area contributed by atoms with Crippen molar-refractivity contribution in [3.05, 3.63) is 6.61 Å². The zero-order chi connectivity index (χ0) is 8.74. The third kappa shape index (κ3) is 5.80. The van der Waals surface area contributed by atoms with Crippen LogP contribution in [0.3, 0.4) is 0 Å². The summed E-state index contributed by atoms with van der Waals surface area (Å²) in [7, 11) is 3.86. The van der Waals surface area contributed by atoms with Gasteiger partial charge in [0.15, 0.2) is 6.54 Å². The average Bonchev–Trinajstić information content (AvgIpc) is 1.87. The Kier molecular flexibility index (Phi) is 4.79. The van der Waals surface area contributed by atoms with Crippen LogP contribution in [-0.2, 0) is 4.89 Å². The van der Waals surface area contributed by atoms with Crippen molar-refractivity contribution in [2.75, 3.05) is 27.2 Å². The molecule has 64 valence electrons. The molecule has 4 nitrogen and oxygen atoms in total. The molecule has 0 saturated heterocycles. The Bertz CT molecular complexity index is 140.